The Morgan fingerprint density at radius 2 is 1.74 bits per heavy atom. The molecule has 0 unspecified atom stereocenters. The van der Waals surface area contributed by atoms with Crippen LogP contribution in [0.15, 0.2) is 54.6 Å². The predicted octanol–water partition coefficient (Wildman–Crippen LogP) is 3.59. The van der Waals surface area contributed by atoms with Gasteiger partial charge in [0.2, 0.25) is 0 Å². The first-order valence-corrected chi connectivity index (χ1v) is 6.60. The van der Waals surface area contributed by atoms with Crippen LogP contribution in [0.2, 0.25) is 0 Å². The number of hydrogen-bond donors (Lipinski definition) is 1. The number of anilines is 1. The first-order chi connectivity index (χ1) is 9.36. The predicted molar refractivity (Wildman–Crippen MR) is 79.3 cm³/mol. The highest BCUT2D eigenvalue weighted by Gasteiger charge is 2.08. The summed E-state index contributed by atoms with van der Waals surface area (Å²) in [6.07, 6.45) is 0. The van der Waals surface area contributed by atoms with E-state index in [0.29, 0.717) is 0 Å². The first-order valence-electron chi connectivity index (χ1n) is 6.60. The number of para-hydroxylation sites is 3. The zero-order chi connectivity index (χ0) is 13.1. The summed E-state index contributed by atoms with van der Waals surface area (Å²) in [4.78, 5) is 10.3. The van der Waals surface area contributed by atoms with Gasteiger partial charge in [-0.3, -0.25) is 0 Å². The molecule has 0 aliphatic carbocycles. The number of benzene rings is 2. The van der Waals surface area contributed by atoms with Crippen LogP contribution in [0.25, 0.3) is 11.0 Å². The van der Waals surface area contributed by atoms with Gasteiger partial charge < -0.3 is 9.88 Å². The monoisotopic (exact) mass is 251 g/mol. The third kappa shape index (κ3) is 2.45. The Kier molecular flexibility index (Phi) is 3.19. The van der Waals surface area contributed by atoms with Crippen molar-refractivity contribution in [2.24, 2.45) is 0 Å². The van der Waals surface area contributed by atoms with Gasteiger partial charge in [-0.2, -0.15) is 0 Å². The molecule has 1 heterocycles. The molecule has 19 heavy (non-hydrogen) atoms. The maximum Gasteiger partial charge on any atom is 0.126 e. The van der Waals surface area contributed by atoms with Crippen molar-refractivity contribution in [3.63, 3.8) is 0 Å². The van der Waals surface area contributed by atoms with Crippen molar-refractivity contribution in [1.82, 2.24) is 9.97 Å². The molecule has 3 rings (SSSR count). The van der Waals surface area contributed by atoms with Gasteiger partial charge in [0.1, 0.15) is 5.82 Å². The van der Waals surface area contributed by atoms with E-state index in [0.717, 1.165) is 29.9 Å². The minimum atomic E-state index is 0.801. The SMILES string of the molecule is CCN(Cc1nc2ccccc2[nH]1)c1ccccc1. The molecule has 0 spiro atoms. The van der Waals surface area contributed by atoms with Gasteiger partial charge >= 0.3 is 0 Å². The zero-order valence-corrected chi connectivity index (χ0v) is 11.0. The molecule has 0 fully saturated rings. The molecule has 0 saturated carbocycles. The minimum absolute atomic E-state index is 0.801. The molecule has 0 saturated heterocycles. The van der Waals surface area contributed by atoms with Crippen molar-refractivity contribution in [3.8, 4) is 0 Å². The summed E-state index contributed by atoms with van der Waals surface area (Å²) in [5, 5.41) is 0. The lowest BCUT2D eigenvalue weighted by atomic mass is 10.3. The number of aromatic amines is 1. The number of hydrogen-bond acceptors (Lipinski definition) is 2. The maximum atomic E-state index is 4.63. The minimum Gasteiger partial charge on any atom is -0.364 e. The van der Waals surface area contributed by atoms with Crippen molar-refractivity contribution in [2.45, 2.75) is 13.5 Å². The lowest BCUT2D eigenvalue weighted by Crippen LogP contribution is -2.22. The second-order valence-electron chi connectivity index (χ2n) is 4.55. The summed E-state index contributed by atoms with van der Waals surface area (Å²) >= 11 is 0. The number of nitrogens with one attached hydrogen (secondary N) is 1. The third-order valence-corrected chi connectivity index (χ3v) is 3.28. The van der Waals surface area contributed by atoms with Crippen LogP contribution in [-0.4, -0.2) is 16.5 Å². The van der Waals surface area contributed by atoms with E-state index in [1.54, 1.807) is 0 Å². The smallest absolute Gasteiger partial charge is 0.126 e. The van der Waals surface area contributed by atoms with Gasteiger partial charge in [-0.1, -0.05) is 30.3 Å². The molecule has 0 aliphatic rings. The second kappa shape index (κ2) is 5.14. The Morgan fingerprint density at radius 3 is 2.47 bits per heavy atom. The maximum absolute atomic E-state index is 4.63. The van der Waals surface area contributed by atoms with Crippen molar-refractivity contribution in [3.05, 3.63) is 60.4 Å². The molecule has 2 aromatic carbocycles. The Morgan fingerprint density at radius 1 is 1.00 bits per heavy atom. The van der Waals surface area contributed by atoms with Crippen LogP contribution < -0.4 is 4.90 Å². The number of rotatable bonds is 4. The van der Waals surface area contributed by atoms with Gasteiger partial charge in [-0.15, -0.1) is 0 Å². The molecular weight excluding hydrogens is 234 g/mol. The van der Waals surface area contributed by atoms with Gasteiger partial charge in [0.15, 0.2) is 0 Å². The summed E-state index contributed by atoms with van der Waals surface area (Å²) in [6.45, 7) is 3.92. The van der Waals surface area contributed by atoms with Crippen LogP contribution in [-0.2, 0) is 6.54 Å². The van der Waals surface area contributed by atoms with Gasteiger partial charge in [-0.05, 0) is 31.2 Å². The average Bonchev–Trinajstić information content (AvgIpc) is 2.88. The zero-order valence-electron chi connectivity index (χ0n) is 11.0. The highest BCUT2D eigenvalue weighted by Crippen LogP contribution is 2.17. The number of fused-ring (bicyclic) bond motifs is 1. The summed E-state index contributed by atoms with van der Waals surface area (Å²) < 4.78 is 0. The van der Waals surface area contributed by atoms with E-state index in [-0.39, 0.29) is 0 Å². The van der Waals surface area contributed by atoms with E-state index in [1.165, 1.54) is 5.69 Å². The number of H-pyrrole nitrogens is 1. The Bertz CT molecular complexity index is 625. The average molecular weight is 251 g/mol. The van der Waals surface area contributed by atoms with Gasteiger partial charge in [0, 0.05) is 12.2 Å². The number of aromatic nitrogens is 2. The lowest BCUT2D eigenvalue weighted by Gasteiger charge is -2.21. The quantitative estimate of drug-likeness (QED) is 0.768. The summed E-state index contributed by atoms with van der Waals surface area (Å²) in [6, 6.07) is 18.6. The van der Waals surface area contributed by atoms with E-state index >= 15 is 0 Å². The topological polar surface area (TPSA) is 31.9 Å². The van der Waals surface area contributed by atoms with E-state index in [9.17, 15) is 0 Å². The van der Waals surface area contributed by atoms with E-state index in [4.69, 9.17) is 0 Å². The molecule has 3 aromatic rings. The van der Waals surface area contributed by atoms with Crippen LogP contribution in [0.5, 0.6) is 0 Å². The highest BCUT2D eigenvalue weighted by atomic mass is 15.1. The Balaban J connectivity index is 1.86. The standard InChI is InChI=1S/C16H17N3/c1-2-19(13-8-4-3-5-9-13)12-16-17-14-10-6-7-11-15(14)18-16/h3-11H,2,12H2,1H3,(H,17,18). The molecule has 0 bridgehead atoms. The van der Waals surface area contributed by atoms with Gasteiger partial charge in [-0.25, -0.2) is 4.98 Å². The van der Waals surface area contributed by atoms with Crippen LogP contribution in [0, 0.1) is 0 Å². The fourth-order valence-electron chi connectivity index (χ4n) is 2.29. The van der Waals surface area contributed by atoms with Crippen molar-refractivity contribution >= 4 is 16.7 Å². The van der Waals surface area contributed by atoms with E-state index in [2.05, 4.69) is 52.1 Å². The van der Waals surface area contributed by atoms with Crippen LogP contribution in [0.3, 0.4) is 0 Å². The van der Waals surface area contributed by atoms with Crippen LogP contribution in [0.4, 0.5) is 5.69 Å². The number of nitrogens with zero attached hydrogens (tertiary/aromatic N) is 2. The molecule has 96 valence electrons. The molecule has 0 aliphatic heterocycles. The normalized spacial score (nSPS) is 10.8. The number of imidazole rings is 1. The first kappa shape index (κ1) is 11.8. The van der Waals surface area contributed by atoms with Crippen molar-refractivity contribution in [1.29, 1.82) is 0 Å². The Labute approximate surface area is 112 Å². The largest absolute Gasteiger partial charge is 0.364 e. The van der Waals surface area contributed by atoms with E-state index in [1.807, 2.05) is 24.3 Å². The second-order valence-corrected chi connectivity index (χ2v) is 4.55. The summed E-state index contributed by atoms with van der Waals surface area (Å²) in [5.74, 6) is 1.01. The molecule has 1 aromatic heterocycles. The fourth-order valence-corrected chi connectivity index (χ4v) is 2.29. The molecule has 0 amide bonds. The van der Waals surface area contributed by atoms with Gasteiger partial charge in [0.05, 0.1) is 17.6 Å². The van der Waals surface area contributed by atoms with E-state index < -0.39 is 0 Å². The molecule has 0 atom stereocenters. The third-order valence-electron chi connectivity index (χ3n) is 3.28. The molecular formula is C16H17N3. The van der Waals surface area contributed by atoms with Crippen molar-refractivity contribution < 1.29 is 0 Å². The molecule has 1 N–H and O–H groups in total. The summed E-state index contributed by atoms with van der Waals surface area (Å²) in [5.41, 5.74) is 3.36. The Hall–Kier alpha value is -2.29. The fraction of sp³-hybridized carbons (Fsp3) is 0.188. The lowest BCUT2D eigenvalue weighted by molar-refractivity contribution is 0.796. The van der Waals surface area contributed by atoms with Crippen molar-refractivity contribution in [2.75, 3.05) is 11.4 Å². The van der Waals surface area contributed by atoms with Crippen LogP contribution >= 0.6 is 0 Å². The highest BCUT2D eigenvalue weighted by molar-refractivity contribution is 5.74. The van der Waals surface area contributed by atoms with Gasteiger partial charge in [0.25, 0.3) is 0 Å². The van der Waals surface area contributed by atoms with Crippen LogP contribution in [0.1, 0.15) is 12.7 Å². The summed E-state index contributed by atoms with van der Waals surface area (Å²) in [7, 11) is 0. The molecule has 0 radical (unpaired) electrons. The molecule has 3 nitrogen and oxygen atoms in total. The molecule has 3 heteroatoms.